The zero-order valence-electron chi connectivity index (χ0n) is 10.2. The lowest BCUT2D eigenvalue weighted by Gasteiger charge is -2.22. The van der Waals surface area contributed by atoms with Crippen LogP contribution in [0.4, 0.5) is 0 Å². The van der Waals surface area contributed by atoms with E-state index in [1.165, 1.54) is 0 Å². The Hall–Kier alpha value is -0.390. The fourth-order valence-corrected chi connectivity index (χ4v) is 3.95. The van der Waals surface area contributed by atoms with Crippen LogP contribution in [0.25, 0.3) is 0 Å². The van der Waals surface area contributed by atoms with Crippen molar-refractivity contribution in [2.45, 2.75) is 24.2 Å². The van der Waals surface area contributed by atoms with Crippen LogP contribution >= 0.6 is 15.9 Å². The average molecular weight is 332 g/mol. The van der Waals surface area contributed by atoms with Gasteiger partial charge in [-0.1, -0.05) is 15.9 Å². The van der Waals surface area contributed by atoms with Crippen molar-refractivity contribution in [3.8, 4) is 0 Å². The molecule has 1 N–H and O–H groups in total. The number of rotatable bonds is 4. The number of nitrogens with one attached hydrogen (secondary N) is 1. The summed E-state index contributed by atoms with van der Waals surface area (Å²) >= 11 is 3.31. The Morgan fingerprint density at radius 3 is 2.39 bits per heavy atom. The standard InChI is InChI=1S/C13H18BrNO2S/c14-12-1-3-13(4-2-12)18(16,17)10-7-11-5-8-15-9-6-11/h1-4,11,15H,5-10H2. The first kappa shape index (κ1) is 14.0. The second-order valence-corrected chi connectivity index (χ2v) is 7.78. The minimum Gasteiger partial charge on any atom is -0.317 e. The molecule has 1 aromatic carbocycles. The van der Waals surface area contributed by atoms with Crippen LogP contribution in [0.1, 0.15) is 19.3 Å². The van der Waals surface area contributed by atoms with E-state index in [-0.39, 0.29) is 5.75 Å². The van der Waals surface area contributed by atoms with Crippen LogP contribution in [-0.2, 0) is 9.84 Å². The highest BCUT2D eigenvalue weighted by molar-refractivity contribution is 9.10. The molecule has 0 amide bonds. The van der Waals surface area contributed by atoms with Gasteiger partial charge in [-0.05, 0) is 62.5 Å². The van der Waals surface area contributed by atoms with Crippen molar-refractivity contribution >= 4 is 25.8 Å². The molecule has 0 saturated carbocycles. The summed E-state index contributed by atoms with van der Waals surface area (Å²) in [5, 5.41) is 3.30. The third kappa shape index (κ3) is 3.80. The fourth-order valence-electron chi connectivity index (χ4n) is 2.25. The Balaban J connectivity index is 1.96. The lowest BCUT2D eigenvalue weighted by Crippen LogP contribution is -2.28. The molecule has 0 atom stereocenters. The quantitative estimate of drug-likeness (QED) is 0.922. The predicted molar refractivity (Wildman–Crippen MR) is 76.4 cm³/mol. The molecule has 0 bridgehead atoms. The molecule has 1 aromatic rings. The van der Waals surface area contributed by atoms with Crippen molar-refractivity contribution in [2.75, 3.05) is 18.8 Å². The molecule has 1 heterocycles. The van der Waals surface area contributed by atoms with Gasteiger partial charge in [-0.15, -0.1) is 0 Å². The van der Waals surface area contributed by atoms with Gasteiger partial charge in [0.25, 0.3) is 0 Å². The fraction of sp³-hybridized carbons (Fsp3) is 0.538. The van der Waals surface area contributed by atoms with Crippen LogP contribution in [0.3, 0.4) is 0 Å². The van der Waals surface area contributed by atoms with Gasteiger partial charge in [0.15, 0.2) is 9.84 Å². The molecule has 1 aliphatic rings. The summed E-state index contributed by atoms with van der Waals surface area (Å²) < 4.78 is 25.2. The normalized spacial score (nSPS) is 17.8. The molecule has 1 aliphatic heterocycles. The number of benzene rings is 1. The van der Waals surface area contributed by atoms with Gasteiger partial charge in [-0.25, -0.2) is 8.42 Å². The summed E-state index contributed by atoms with van der Waals surface area (Å²) in [6.07, 6.45) is 2.96. The van der Waals surface area contributed by atoms with Crippen LogP contribution in [0.2, 0.25) is 0 Å². The Labute approximate surface area is 117 Å². The Morgan fingerprint density at radius 1 is 1.17 bits per heavy atom. The van der Waals surface area contributed by atoms with E-state index in [9.17, 15) is 8.42 Å². The van der Waals surface area contributed by atoms with Gasteiger partial charge in [-0.3, -0.25) is 0 Å². The van der Waals surface area contributed by atoms with Gasteiger partial charge in [0.05, 0.1) is 10.6 Å². The van der Waals surface area contributed by atoms with Gasteiger partial charge < -0.3 is 5.32 Å². The summed E-state index contributed by atoms with van der Waals surface area (Å²) in [5.41, 5.74) is 0. The first-order valence-electron chi connectivity index (χ1n) is 6.27. The maximum atomic E-state index is 12.2. The van der Waals surface area contributed by atoms with E-state index in [0.29, 0.717) is 10.8 Å². The summed E-state index contributed by atoms with van der Waals surface area (Å²) in [6.45, 7) is 2.03. The molecule has 2 rings (SSSR count). The first-order valence-corrected chi connectivity index (χ1v) is 8.71. The molecule has 3 nitrogen and oxygen atoms in total. The zero-order chi connectivity index (χ0) is 13.0. The molecule has 0 aliphatic carbocycles. The number of sulfone groups is 1. The topological polar surface area (TPSA) is 46.2 Å². The smallest absolute Gasteiger partial charge is 0.178 e. The second-order valence-electron chi connectivity index (χ2n) is 4.75. The third-order valence-corrected chi connectivity index (χ3v) is 5.72. The highest BCUT2D eigenvalue weighted by atomic mass is 79.9. The van der Waals surface area contributed by atoms with E-state index in [0.717, 1.165) is 36.8 Å². The van der Waals surface area contributed by atoms with Crippen molar-refractivity contribution in [1.82, 2.24) is 5.32 Å². The minimum atomic E-state index is -3.12. The number of piperidine rings is 1. The maximum Gasteiger partial charge on any atom is 0.178 e. The minimum absolute atomic E-state index is 0.263. The summed E-state index contributed by atoms with van der Waals surface area (Å²) in [4.78, 5) is 0.430. The zero-order valence-corrected chi connectivity index (χ0v) is 12.6. The van der Waals surface area contributed by atoms with Crippen LogP contribution in [0.5, 0.6) is 0 Å². The van der Waals surface area contributed by atoms with Crippen molar-refractivity contribution in [2.24, 2.45) is 5.92 Å². The van der Waals surface area contributed by atoms with Crippen LogP contribution in [-0.4, -0.2) is 27.3 Å². The lowest BCUT2D eigenvalue weighted by molar-refractivity contribution is 0.365. The number of hydrogen-bond acceptors (Lipinski definition) is 3. The first-order chi connectivity index (χ1) is 8.58. The van der Waals surface area contributed by atoms with E-state index in [1.54, 1.807) is 24.3 Å². The predicted octanol–water partition coefficient (Wildman–Crippen LogP) is 2.61. The molecule has 0 radical (unpaired) electrons. The average Bonchev–Trinajstić information content (AvgIpc) is 2.38. The lowest BCUT2D eigenvalue weighted by atomic mass is 9.96. The molecule has 0 aromatic heterocycles. The van der Waals surface area contributed by atoms with Gasteiger partial charge >= 0.3 is 0 Å². The van der Waals surface area contributed by atoms with Crippen molar-refractivity contribution in [3.63, 3.8) is 0 Å². The SMILES string of the molecule is O=S(=O)(CCC1CCNCC1)c1ccc(Br)cc1. The van der Waals surface area contributed by atoms with E-state index in [2.05, 4.69) is 21.2 Å². The monoisotopic (exact) mass is 331 g/mol. The van der Waals surface area contributed by atoms with Crippen molar-refractivity contribution in [1.29, 1.82) is 0 Å². The Kier molecular flexibility index (Phi) is 4.81. The summed E-state index contributed by atoms with van der Waals surface area (Å²) in [5.74, 6) is 0.815. The second kappa shape index (κ2) is 6.17. The van der Waals surface area contributed by atoms with Gasteiger partial charge in [0.2, 0.25) is 0 Å². The third-order valence-electron chi connectivity index (χ3n) is 3.43. The number of hydrogen-bond donors (Lipinski definition) is 1. The highest BCUT2D eigenvalue weighted by Crippen LogP contribution is 2.21. The van der Waals surface area contributed by atoms with E-state index < -0.39 is 9.84 Å². The van der Waals surface area contributed by atoms with Crippen molar-refractivity contribution < 1.29 is 8.42 Å². The molecule has 0 spiro atoms. The Morgan fingerprint density at radius 2 is 1.78 bits per heavy atom. The van der Waals surface area contributed by atoms with Gasteiger partial charge in [0, 0.05) is 4.47 Å². The highest BCUT2D eigenvalue weighted by Gasteiger charge is 2.19. The van der Waals surface area contributed by atoms with E-state index in [1.807, 2.05) is 0 Å². The summed E-state index contributed by atoms with van der Waals surface area (Å²) in [7, 11) is -3.12. The molecule has 5 heteroatoms. The molecule has 1 saturated heterocycles. The van der Waals surface area contributed by atoms with Crippen molar-refractivity contribution in [3.05, 3.63) is 28.7 Å². The van der Waals surface area contributed by atoms with Crippen LogP contribution in [0.15, 0.2) is 33.6 Å². The summed E-state index contributed by atoms with van der Waals surface area (Å²) in [6, 6.07) is 6.89. The molecule has 0 unspecified atom stereocenters. The maximum absolute atomic E-state index is 12.2. The van der Waals surface area contributed by atoms with Crippen LogP contribution in [0, 0.1) is 5.92 Å². The molecular formula is C13H18BrNO2S. The van der Waals surface area contributed by atoms with Crippen LogP contribution < -0.4 is 5.32 Å². The molecule has 18 heavy (non-hydrogen) atoms. The largest absolute Gasteiger partial charge is 0.317 e. The Bertz CT molecular complexity index is 478. The van der Waals surface area contributed by atoms with Gasteiger partial charge in [-0.2, -0.15) is 0 Å². The number of halogens is 1. The molecule has 100 valence electrons. The molecule has 1 fully saturated rings. The molecular weight excluding hydrogens is 314 g/mol. The van der Waals surface area contributed by atoms with E-state index >= 15 is 0 Å². The van der Waals surface area contributed by atoms with Gasteiger partial charge in [0.1, 0.15) is 0 Å². The van der Waals surface area contributed by atoms with E-state index in [4.69, 9.17) is 0 Å².